The molecule has 2 N–H and O–H groups in total. The van der Waals surface area contributed by atoms with Gasteiger partial charge >= 0.3 is 5.97 Å². The highest BCUT2D eigenvalue weighted by Crippen LogP contribution is 2.26. The second-order valence-electron chi connectivity index (χ2n) is 4.30. The molecule has 0 saturated carbocycles. The summed E-state index contributed by atoms with van der Waals surface area (Å²) < 4.78 is 0. The van der Waals surface area contributed by atoms with E-state index in [4.69, 9.17) is 5.11 Å². The van der Waals surface area contributed by atoms with Gasteiger partial charge < -0.3 is 10.4 Å². The molecular weight excluding hydrogens is 204 g/mol. The first-order valence-electron chi connectivity index (χ1n) is 5.55. The second kappa shape index (κ2) is 4.61. The number of nitrogens with one attached hydrogen (secondary N) is 1. The van der Waals surface area contributed by atoms with Crippen LogP contribution in [0.1, 0.15) is 30.1 Å². The van der Waals surface area contributed by atoms with E-state index in [0.29, 0.717) is 12.8 Å². The van der Waals surface area contributed by atoms with Crippen LogP contribution < -0.4 is 5.32 Å². The molecule has 1 aromatic rings. The number of carboxylic acids is 1. The lowest BCUT2D eigenvalue weighted by Crippen LogP contribution is -2.34. The highest BCUT2D eigenvalue weighted by molar-refractivity contribution is 5.70. The van der Waals surface area contributed by atoms with Crippen molar-refractivity contribution in [2.75, 3.05) is 6.54 Å². The summed E-state index contributed by atoms with van der Waals surface area (Å²) >= 11 is 0. The average molecular weight is 220 g/mol. The van der Waals surface area contributed by atoms with E-state index in [1.54, 1.807) is 0 Å². The zero-order chi connectivity index (χ0) is 11.5. The quantitative estimate of drug-likeness (QED) is 0.793. The number of hydrogen-bond acceptors (Lipinski definition) is 3. The number of aryl methyl sites for hydroxylation is 1. The van der Waals surface area contributed by atoms with Gasteiger partial charge in [-0.3, -0.25) is 9.78 Å². The number of nitrogens with zero attached hydrogens (tertiary/aromatic N) is 1. The van der Waals surface area contributed by atoms with Crippen LogP contribution in [0.25, 0.3) is 0 Å². The topological polar surface area (TPSA) is 62.2 Å². The predicted octanol–water partition coefficient (Wildman–Crippen LogP) is 1.52. The molecule has 1 saturated heterocycles. The summed E-state index contributed by atoms with van der Waals surface area (Å²) in [5, 5.41) is 12.3. The molecule has 0 amide bonds. The van der Waals surface area contributed by atoms with Gasteiger partial charge in [-0.2, -0.15) is 0 Å². The number of aliphatic carboxylic acids is 1. The Morgan fingerprint density at radius 2 is 2.38 bits per heavy atom. The van der Waals surface area contributed by atoms with Crippen LogP contribution in [-0.2, 0) is 4.79 Å². The summed E-state index contributed by atoms with van der Waals surface area (Å²) in [6.07, 6.45) is 3.20. The third-order valence-electron chi connectivity index (χ3n) is 3.09. The van der Waals surface area contributed by atoms with Gasteiger partial charge in [0.1, 0.15) is 0 Å². The van der Waals surface area contributed by atoms with Crippen molar-refractivity contribution in [3.8, 4) is 0 Å². The molecule has 0 radical (unpaired) electrons. The Kier molecular flexibility index (Phi) is 3.19. The van der Waals surface area contributed by atoms with Gasteiger partial charge in [-0.25, -0.2) is 0 Å². The molecular formula is C12H16N2O2. The molecule has 1 aliphatic rings. The summed E-state index contributed by atoms with van der Waals surface area (Å²) in [5.41, 5.74) is 2.06. The monoisotopic (exact) mass is 220 g/mol. The van der Waals surface area contributed by atoms with Crippen molar-refractivity contribution in [3.05, 3.63) is 29.6 Å². The number of rotatable bonds is 2. The number of carbonyl (C=O) groups is 1. The van der Waals surface area contributed by atoms with E-state index >= 15 is 0 Å². The van der Waals surface area contributed by atoms with Gasteiger partial charge in [0.2, 0.25) is 0 Å². The first-order valence-corrected chi connectivity index (χ1v) is 5.55. The molecule has 1 aromatic heterocycles. The molecule has 0 bridgehead atoms. The maximum Gasteiger partial charge on any atom is 0.306 e. The molecule has 2 atom stereocenters. The van der Waals surface area contributed by atoms with Crippen LogP contribution in [0.3, 0.4) is 0 Å². The predicted molar refractivity (Wildman–Crippen MR) is 60.1 cm³/mol. The van der Waals surface area contributed by atoms with E-state index in [9.17, 15) is 4.79 Å². The fraction of sp³-hybridized carbons (Fsp3) is 0.500. The fourth-order valence-electron chi connectivity index (χ4n) is 2.08. The fourth-order valence-corrected chi connectivity index (χ4v) is 2.08. The van der Waals surface area contributed by atoms with Crippen molar-refractivity contribution in [2.45, 2.75) is 25.8 Å². The molecule has 1 aliphatic heterocycles. The van der Waals surface area contributed by atoms with Crippen molar-refractivity contribution in [3.63, 3.8) is 0 Å². The minimum absolute atomic E-state index is 0.128. The standard InChI is InChI=1S/C12H16N2O2/c1-8-2-3-10(7-14-8)11-6-9(12(15)16)4-5-13-11/h2-3,7,9,11,13H,4-6H2,1H3,(H,15,16). The Morgan fingerprint density at radius 1 is 1.56 bits per heavy atom. The first kappa shape index (κ1) is 11.1. The highest BCUT2D eigenvalue weighted by Gasteiger charge is 2.27. The van der Waals surface area contributed by atoms with Gasteiger partial charge in [-0.15, -0.1) is 0 Å². The van der Waals surface area contributed by atoms with Gasteiger partial charge in [-0.1, -0.05) is 6.07 Å². The molecule has 0 aliphatic carbocycles. The van der Waals surface area contributed by atoms with Crippen LogP contribution in [0, 0.1) is 12.8 Å². The third kappa shape index (κ3) is 2.39. The van der Waals surface area contributed by atoms with Crippen molar-refractivity contribution in [1.29, 1.82) is 0 Å². The summed E-state index contributed by atoms with van der Waals surface area (Å²) in [4.78, 5) is 15.2. The minimum Gasteiger partial charge on any atom is -0.481 e. The Labute approximate surface area is 94.7 Å². The Balaban J connectivity index is 2.09. The highest BCUT2D eigenvalue weighted by atomic mass is 16.4. The van der Waals surface area contributed by atoms with E-state index in [2.05, 4.69) is 10.3 Å². The number of hydrogen-bond donors (Lipinski definition) is 2. The molecule has 16 heavy (non-hydrogen) atoms. The van der Waals surface area contributed by atoms with E-state index in [1.165, 1.54) is 0 Å². The smallest absolute Gasteiger partial charge is 0.306 e. The van der Waals surface area contributed by atoms with Gasteiger partial charge in [-0.05, 0) is 37.9 Å². The molecule has 2 unspecified atom stereocenters. The Hall–Kier alpha value is -1.42. The maximum absolute atomic E-state index is 10.9. The van der Waals surface area contributed by atoms with Gasteiger partial charge in [0.25, 0.3) is 0 Å². The lowest BCUT2D eigenvalue weighted by molar-refractivity contribution is -0.143. The van der Waals surface area contributed by atoms with Gasteiger partial charge in [0.05, 0.1) is 5.92 Å². The van der Waals surface area contributed by atoms with Crippen molar-refractivity contribution in [1.82, 2.24) is 10.3 Å². The van der Waals surface area contributed by atoms with Crippen molar-refractivity contribution < 1.29 is 9.90 Å². The van der Waals surface area contributed by atoms with E-state index < -0.39 is 5.97 Å². The van der Waals surface area contributed by atoms with Crippen LogP contribution in [0.2, 0.25) is 0 Å². The van der Waals surface area contributed by atoms with Gasteiger partial charge in [0.15, 0.2) is 0 Å². The third-order valence-corrected chi connectivity index (χ3v) is 3.09. The SMILES string of the molecule is Cc1ccc(C2CC(C(=O)O)CCN2)cn1. The average Bonchev–Trinajstić information content (AvgIpc) is 2.30. The molecule has 4 nitrogen and oxygen atoms in total. The van der Waals surface area contributed by atoms with E-state index in [-0.39, 0.29) is 12.0 Å². The summed E-state index contributed by atoms with van der Waals surface area (Å²) in [7, 11) is 0. The van der Waals surface area contributed by atoms with Crippen LogP contribution in [0.5, 0.6) is 0 Å². The van der Waals surface area contributed by atoms with Crippen LogP contribution >= 0.6 is 0 Å². The van der Waals surface area contributed by atoms with Crippen LogP contribution in [0.15, 0.2) is 18.3 Å². The lowest BCUT2D eigenvalue weighted by Gasteiger charge is -2.28. The first-order chi connectivity index (χ1) is 7.66. The second-order valence-corrected chi connectivity index (χ2v) is 4.30. The summed E-state index contributed by atoms with van der Waals surface area (Å²) in [6, 6.07) is 4.11. The summed E-state index contributed by atoms with van der Waals surface area (Å²) in [6.45, 7) is 2.70. The molecule has 1 fully saturated rings. The number of piperidine rings is 1. The largest absolute Gasteiger partial charge is 0.481 e. The zero-order valence-corrected chi connectivity index (χ0v) is 9.31. The van der Waals surface area contributed by atoms with Gasteiger partial charge in [0, 0.05) is 17.9 Å². The lowest BCUT2D eigenvalue weighted by atomic mass is 9.89. The van der Waals surface area contributed by atoms with E-state index in [0.717, 1.165) is 17.8 Å². The zero-order valence-electron chi connectivity index (χ0n) is 9.31. The number of aromatic nitrogens is 1. The normalized spacial score (nSPS) is 25.3. The molecule has 4 heteroatoms. The Bertz CT molecular complexity index is 375. The number of carboxylic acid groups (broad SMARTS) is 1. The molecule has 2 heterocycles. The molecule has 86 valence electrons. The molecule has 0 spiro atoms. The molecule has 0 aromatic carbocycles. The number of pyridine rings is 1. The van der Waals surface area contributed by atoms with E-state index in [1.807, 2.05) is 25.3 Å². The van der Waals surface area contributed by atoms with Crippen molar-refractivity contribution in [2.24, 2.45) is 5.92 Å². The summed E-state index contributed by atoms with van der Waals surface area (Å²) in [5.74, 6) is -0.917. The maximum atomic E-state index is 10.9. The van der Waals surface area contributed by atoms with Crippen molar-refractivity contribution >= 4 is 5.97 Å². The van der Waals surface area contributed by atoms with Crippen LogP contribution in [0.4, 0.5) is 0 Å². The minimum atomic E-state index is -0.688. The Morgan fingerprint density at radius 3 is 3.00 bits per heavy atom. The molecule has 2 rings (SSSR count). The van der Waals surface area contributed by atoms with Crippen LogP contribution in [-0.4, -0.2) is 22.6 Å².